The summed E-state index contributed by atoms with van der Waals surface area (Å²) in [7, 11) is 0. The number of hydrogen-bond donors (Lipinski definition) is 1. The first-order chi connectivity index (χ1) is 8.66. The van der Waals surface area contributed by atoms with E-state index in [1.54, 1.807) is 12.1 Å². The Bertz CT molecular complexity index is 558. The van der Waals surface area contributed by atoms with E-state index in [0.29, 0.717) is 11.1 Å². The molecule has 0 spiro atoms. The molecule has 5 heteroatoms. The van der Waals surface area contributed by atoms with E-state index in [2.05, 4.69) is 10.3 Å². The molecule has 0 saturated heterocycles. The highest BCUT2D eigenvalue weighted by molar-refractivity contribution is 5.93. The largest absolute Gasteiger partial charge is 0.348 e. The van der Waals surface area contributed by atoms with Crippen molar-refractivity contribution in [3.05, 3.63) is 65.5 Å². The molecule has 0 unspecified atom stereocenters. The molecule has 0 atom stereocenters. The third kappa shape index (κ3) is 2.88. The summed E-state index contributed by atoms with van der Waals surface area (Å²) in [5, 5.41) is 2.61. The third-order valence-electron chi connectivity index (χ3n) is 2.38. The molecule has 0 saturated carbocycles. The van der Waals surface area contributed by atoms with Gasteiger partial charge in [0.25, 0.3) is 5.91 Å². The average Bonchev–Trinajstić information content (AvgIpc) is 2.41. The number of halogens is 2. The van der Waals surface area contributed by atoms with Crippen molar-refractivity contribution in [2.75, 3.05) is 0 Å². The lowest BCUT2D eigenvalue weighted by Crippen LogP contribution is -2.22. The van der Waals surface area contributed by atoms with Crippen LogP contribution in [-0.2, 0) is 6.54 Å². The van der Waals surface area contributed by atoms with E-state index in [-0.39, 0.29) is 12.5 Å². The Hall–Kier alpha value is -2.30. The lowest BCUT2D eigenvalue weighted by molar-refractivity contribution is 0.0950. The minimum absolute atomic E-state index is 0.137. The number of hydrogen-bond acceptors (Lipinski definition) is 2. The highest BCUT2D eigenvalue weighted by Crippen LogP contribution is 2.08. The first kappa shape index (κ1) is 12.2. The van der Waals surface area contributed by atoms with Crippen LogP contribution in [0.2, 0.25) is 0 Å². The zero-order chi connectivity index (χ0) is 13.0. The van der Waals surface area contributed by atoms with Gasteiger partial charge in [0.05, 0.1) is 0 Å². The van der Waals surface area contributed by atoms with Crippen LogP contribution in [0.15, 0.2) is 42.7 Å². The summed E-state index contributed by atoms with van der Waals surface area (Å²) in [5.41, 5.74) is 0.962. The number of carbonyl (C=O) groups excluding carboxylic acids is 1. The van der Waals surface area contributed by atoms with E-state index in [1.807, 2.05) is 0 Å². The molecule has 1 aromatic heterocycles. The Balaban J connectivity index is 1.99. The van der Waals surface area contributed by atoms with Crippen molar-refractivity contribution in [3.8, 4) is 0 Å². The zero-order valence-electron chi connectivity index (χ0n) is 9.36. The first-order valence-corrected chi connectivity index (χ1v) is 5.29. The molecule has 0 bridgehead atoms. The second-order valence-corrected chi connectivity index (χ2v) is 3.67. The van der Waals surface area contributed by atoms with E-state index in [9.17, 15) is 13.6 Å². The minimum atomic E-state index is -0.925. The van der Waals surface area contributed by atoms with Gasteiger partial charge >= 0.3 is 0 Å². The summed E-state index contributed by atoms with van der Waals surface area (Å²) >= 11 is 0. The van der Waals surface area contributed by atoms with E-state index in [1.165, 1.54) is 18.5 Å². The monoisotopic (exact) mass is 248 g/mol. The predicted octanol–water partition coefficient (Wildman–Crippen LogP) is 2.29. The molecule has 1 aromatic carbocycles. The molecule has 0 aliphatic rings. The molecule has 92 valence electrons. The zero-order valence-corrected chi connectivity index (χ0v) is 9.36. The van der Waals surface area contributed by atoms with Crippen molar-refractivity contribution in [1.82, 2.24) is 10.3 Å². The van der Waals surface area contributed by atoms with Crippen LogP contribution >= 0.6 is 0 Å². The molecule has 1 amide bonds. The highest BCUT2D eigenvalue weighted by Gasteiger charge is 2.06. The van der Waals surface area contributed by atoms with Crippen molar-refractivity contribution in [2.45, 2.75) is 6.54 Å². The Morgan fingerprint density at radius 1 is 1.11 bits per heavy atom. The van der Waals surface area contributed by atoms with Gasteiger partial charge in [0.1, 0.15) is 0 Å². The fourth-order valence-corrected chi connectivity index (χ4v) is 1.44. The van der Waals surface area contributed by atoms with Gasteiger partial charge in [-0.1, -0.05) is 6.07 Å². The van der Waals surface area contributed by atoms with Crippen molar-refractivity contribution < 1.29 is 13.6 Å². The molecule has 1 heterocycles. The van der Waals surface area contributed by atoms with E-state index in [4.69, 9.17) is 0 Å². The van der Waals surface area contributed by atoms with Crippen LogP contribution in [0, 0.1) is 11.6 Å². The SMILES string of the molecule is O=C(NCc1ccc(F)c(F)c1)c1ccncc1. The van der Waals surface area contributed by atoms with Gasteiger partial charge in [0.15, 0.2) is 11.6 Å². The Morgan fingerprint density at radius 2 is 1.83 bits per heavy atom. The molecule has 2 rings (SSSR count). The maximum atomic E-state index is 12.9. The van der Waals surface area contributed by atoms with Crippen LogP contribution in [-0.4, -0.2) is 10.9 Å². The van der Waals surface area contributed by atoms with Crippen molar-refractivity contribution in [1.29, 1.82) is 0 Å². The van der Waals surface area contributed by atoms with E-state index < -0.39 is 11.6 Å². The van der Waals surface area contributed by atoms with Crippen LogP contribution in [0.1, 0.15) is 15.9 Å². The summed E-state index contributed by atoms with van der Waals surface area (Å²) in [6.07, 6.45) is 3.01. The summed E-state index contributed by atoms with van der Waals surface area (Å²) in [6, 6.07) is 6.65. The molecule has 18 heavy (non-hydrogen) atoms. The smallest absolute Gasteiger partial charge is 0.251 e. The second-order valence-electron chi connectivity index (χ2n) is 3.67. The normalized spacial score (nSPS) is 10.1. The third-order valence-corrected chi connectivity index (χ3v) is 2.38. The van der Waals surface area contributed by atoms with Crippen LogP contribution in [0.4, 0.5) is 8.78 Å². The summed E-state index contributed by atoms with van der Waals surface area (Å²) in [5.74, 6) is -2.12. The number of nitrogens with zero attached hydrogens (tertiary/aromatic N) is 1. The van der Waals surface area contributed by atoms with Crippen LogP contribution < -0.4 is 5.32 Å². The number of aromatic nitrogens is 1. The van der Waals surface area contributed by atoms with Crippen LogP contribution in [0.25, 0.3) is 0 Å². The van der Waals surface area contributed by atoms with Gasteiger partial charge in [-0.05, 0) is 29.8 Å². The molecule has 0 fully saturated rings. The average molecular weight is 248 g/mol. The lowest BCUT2D eigenvalue weighted by Gasteiger charge is -2.05. The molecular formula is C13H10F2N2O. The van der Waals surface area contributed by atoms with Gasteiger partial charge in [-0.3, -0.25) is 9.78 Å². The highest BCUT2D eigenvalue weighted by atomic mass is 19.2. The topological polar surface area (TPSA) is 42.0 Å². The maximum Gasteiger partial charge on any atom is 0.251 e. The second kappa shape index (κ2) is 5.35. The molecule has 0 aliphatic heterocycles. The van der Waals surface area contributed by atoms with Crippen LogP contribution in [0.3, 0.4) is 0 Å². The Kier molecular flexibility index (Phi) is 3.62. The number of pyridine rings is 1. The van der Waals surface area contributed by atoms with Gasteiger partial charge in [0.2, 0.25) is 0 Å². The van der Waals surface area contributed by atoms with Crippen LogP contribution in [0.5, 0.6) is 0 Å². The quantitative estimate of drug-likeness (QED) is 0.905. The molecule has 1 N–H and O–H groups in total. The molecule has 3 nitrogen and oxygen atoms in total. The number of nitrogens with one attached hydrogen (secondary N) is 1. The Morgan fingerprint density at radius 3 is 2.50 bits per heavy atom. The number of rotatable bonds is 3. The minimum Gasteiger partial charge on any atom is -0.348 e. The van der Waals surface area contributed by atoms with E-state index >= 15 is 0 Å². The van der Waals surface area contributed by atoms with Gasteiger partial charge in [-0.25, -0.2) is 8.78 Å². The number of carbonyl (C=O) groups is 1. The lowest BCUT2D eigenvalue weighted by atomic mass is 10.2. The first-order valence-electron chi connectivity index (χ1n) is 5.29. The van der Waals surface area contributed by atoms with Crippen molar-refractivity contribution >= 4 is 5.91 Å². The number of amides is 1. The molecule has 0 radical (unpaired) electrons. The molecule has 2 aromatic rings. The fraction of sp³-hybridized carbons (Fsp3) is 0.0769. The van der Waals surface area contributed by atoms with Gasteiger partial charge in [-0.2, -0.15) is 0 Å². The molecule has 0 aliphatic carbocycles. The van der Waals surface area contributed by atoms with Gasteiger partial charge in [0, 0.05) is 24.5 Å². The van der Waals surface area contributed by atoms with Gasteiger partial charge < -0.3 is 5.32 Å². The summed E-state index contributed by atoms with van der Waals surface area (Å²) in [4.78, 5) is 15.5. The predicted molar refractivity (Wildman–Crippen MR) is 61.8 cm³/mol. The van der Waals surface area contributed by atoms with E-state index in [0.717, 1.165) is 12.1 Å². The van der Waals surface area contributed by atoms with Crippen molar-refractivity contribution in [3.63, 3.8) is 0 Å². The summed E-state index contributed by atoms with van der Waals surface area (Å²) < 4.78 is 25.6. The maximum absolute atomic E-state index is 12.9. The summed E-state index contributed by atoms with van der Waals surface area (Å²) in [6.45, 7) is 0.137. The van der Waals surface area contributed by atoms with Crippen molar-refractivity contribution in [2.24, 2.45) is 0 Å². The number of benzene rings is 1. The van der Waals surface area contributed by atoms with Gasteiger partial charge in [-0.15, -0.1) is 0 Å². The standard InChI is InChI=1S/C13H10F2N2O/c14-11-2-1-9(7-12(11)15)8-17-13(18)10-3-5-16-6-4-10/h1-7H,8H2,(H,17,18). The fourth-order valence-electron chi connectivity index (χ4n) is 1.44. The Labute approximate surface area is 102 Å². The molecular weight excluding hydrogens is 238 g/mol.